The fourth-order valence-electron chi connectivity index (χ4n) is 5.10. The number of hydrogen-bond donors (Lipinski definition) is 3. The number of esters is 1. The fraction of sp³-hybridized carbons (Fsp3) is 0.806. The summed E-state index contributed by atoms with van der Waals surface area (Å²) < 4.78 is 5.88. The lowest BCUT2D eigenvalue weighted by molar-refractivity contribution is -0.149. The van der Waals surface area contributed by atoms with Crippen LogP contribution in [0.25, 0.3) is 0 Å². The van der Waals surface area contributed by atoms with Crippen LogP contribution in [0.3, 0.4) is 0 Å². The summed E-state index contributed by atoms with van der Waals surface area (Å²) in [6.07, 6.45) is 33.3. The fourth-order valence-corrected chi connectivity index (χ4v) is 5.10. The molecule has 0 aromatic rings. The van der Waals surface area contributed by atoms with Crippen molar-refractivity contribution in [2.45, 2.75) is 160 Å². The number of hydrogen-bond acceptors (Lipinski definition) is 6. The van der Waals surface area contributed by atoms with Crippen LogP contribution in [0.15, 0.2) is 24.3 Å². The number of rotatable bonds is 33. The van der Waals surface area contributed by atoms with Crippen molar-refractivity contribution in [2.24, 2.45) is 0 Å². The van der Waals surface area contributed by atoms with Crippen LogP contribution in [-0.2, 0) is 19.1 Å². The van der Waals surface area contributed by atoms with Crippen LogP contribution in [0.4, 0.5) is 0 Å². The van der Waals surface area contributed by atoms with Crippen molar-refractivity contribution in [1.29, 1.82) is 0 Å². The highest BCUT2D eigenvalue weighted by atomic mass is 16.5. The van der Waals surface area contributed by atoms with Gasteiger partial charge in [0, 0.05) is 19.5 Å². The lowest BCUT2D eigenvalue weighted by Gasteiger charge is -2.19. The van der Waals surface area contributed by atoms with Crippen LogP contribution in [0.2, 0.25) is 0 Å². The number of aliphatic carboxylic acids is 2. The van der Waals surface area contributed by atoms with Gasteiger partial charge in [0.1, 0.15) is 6.10 Å². The Bertz CT molecular complexity index is 705. The Hall–Kier alpha value is -2.19. The van der Waals surface area contributed by atoms with E-state index >= 15 is 0 Å². The van der Waals surface area contributed by atoms with E-state index in [9.17, 15) is 14.4 Å². The molecule has 0 heterocycles. The Morgan fingerprint density at radius 3 is 1.34 bits per heavy atom. The van der Waals surface area contributed by atoms with Crippen LogP contribution < -0.4 is 5.32 Å². The minimum atomic E-state index is -0.707. The smallest absolute Gasteiger partial charge is 0.320 e. The topological polar surface area (TPSA) is 116 Å². The quantitative estimate of drug-likeness (QED) is 0.0288. The maximum Gasteiger partial charge on any atom is 0.320 e. The number of carbonyl (C=O) groups excluding carboxylic acids is 1. The Morgan fingerprint density at radius 1 is 0.591 bits per heavy atom. The summed E-state index contributed by atoms with van der Waals surface area (Å²) in [6.45, 7) is 0.910. The Kier molecular flexibility index (Phi) is 30.6. The largest absolute Gasteiger partial charge is 0.481 e. The van der Waals surface area contributed by atoms with E-state index in [1.54, 1.807) is 0 Å². The normalized spacial score (nSPS) is 11.8. The van der Waals surface area contributed by atoms with Gasteiger partial charge in [-0.05, 0) is 104 Å². The van der Waals surface area contributed by atoms with E-state index in [1.165, 1.54) is 64.2 Å². The monoisotopic (exact) mass is 622 g/mol. The summed E-state index contributed by atoms with van der Waals surface area (Å²) in [7, 11) is 3.94. The molecule has 8 heteroatoms. The van der Waals surface area contributed by atoms with Crippen LogP contribution in [0, 0.1) is 0 Å². The molecule has 256 valence electrons. The summed E-state index contributed by atoms with van der Waals surface area (Å²) >= 11 is 0. The van der Waals surface area contributed by atoms with E-state index in [-0.39, 0.29) is 31.5 Å². The molecule has 44 heavy (non-hydrogen) atoms. The van der Waals surface area contributed by atoms with Gasteiger partial charge in [-0.3, -0.25) is 24.6 Å². The number of ether oxygens (including phenoxy) is 1. The standard InChI is InChI=1S/C36H66N2O6/c1-38(2)32-37-31-36(43)44-33(27-23-19-15-11-7-3-5-9-13-17-21-25-29-34(39)40)28-24-20-16-12-8-4-6-10-14-18-22-26-30-35(41)42/h9-10,13-14,33,37H,3-8,11-12,15-32H2,1-2H3,(H,39,40)(H,41,42)/b13-9-,14-10-. The highest BCUT2D eigenvalue weighted by molar-refractivity contribution is 5.71. The van der Waals surface area contributed by atoms with Crippen molar-refractivity contribution in [2.75, 3.05) is 27.3 Å². The van der Waals surface area contributed by atoms with Gasteiger partial charge in [0.25, 0.3) is 0 Å². The van der Waals surface area contributed by atoms with E-state index in [0.717, 1.165) is 77.0 Å². The molecule has 0 aliphatic carbocycles. The third kappa shape index (κ3) is 34.3. The van der Waals surface area contributed by atoms with Crippen molar-refractivity contribution in [3.8, 4) is 0 Å². The zero-order valence-electron chi connectivity index (χ0n) is 28.2. The molecule has 0 aromatic heterocycles. The molecule has 0 atom stereocenters. The zero-order valence-corrected chi connectivity index (χ0v) is 28.2. The molecule has 0 spiro atoms. The second-order valence-electron chi connectivity index (χ2n) is 12.4. The molecular formula is C36H66N2O6. The Labute approximate surface area is 269 Å². The molecule has 0 fully saturated rings. The molecule has 0 radical (unpaired) electrons. The lowest BCUT2D eigenvalue weighted by atomic mass is 10.0. The Balaban J connectivity index is 4.00. The molecule has 0 aromatic carbocycles. The maximum atomic E-state index is 12.4. The molecule has 8 nitrogen and oxygen atoms in total. The number of carboxylic acids is 2. The SMILES string of the molecule is CN(C)CNCC(=O)OC(CCCCCCCC/C=C\CCCCC(=O)O)CCCCCCCC/C=C\CCCCC(=O)O. The molecule has 0 aliphatic heterocycles. The van der Waals surface area contributed by atoms with Crippen molar-refractivity contribution < 1.29 is 29.3 Å². The van der Waals surface area contributed by atoms with Gasteiger partial charge in [0.05, 0.1) is 6.54 Å². The number of allylic oxidation sites excluding steroid dienone is 4. The lowest BCUT2D eigenvalue weighted by Crippen LogP contribution is -2.34. The first-order chi connectivity index (χ1) is 21.3. The summed E-state index contributed by atoms with van der Waals surface area (Å²) in [4.78, 5) is 35.4. The number of carboxylic acid groups (broad SMARTS) is 2. The minimum Gasteiger partial charge on any atom is -0.481 e. The average Bonchev–Trinajstić information content (AvgIpc) is 2.96. The highest BCUT2D eigenvalue weighted by Gasteiger charge is 2.14. The third-order valence-electron chi connectivity index (χ3n) is 7.65. The number of carbonyl (C=O) groups is 3. The van der Waals surface area contributed by atoms with Crippen LogP contribution in [0.1, 0.15) is 154 Å². The molecule has 3 N–H and O–H groups in total. The van der Waals surface area contributed by atoms with Gasteiger partial charge in [-0.25, -0.2) is 0 Å². The van der Waals surface area contributed by atoms with Gasteiger partial charge in [-0.15, -0.1) is 0 Å². The molecule has 0 rings (SSSR count). The van der Waals surface area contributed by atoms with E-state index < -0.39 is 11.9 Å². The average molecular weight is 623 g/mol. The van der Waals surface area contributed by atoms with Crippen molar-refractivity contribution in [3.05, 3.63) is 24.3 Å². The molecule has 0 aliphatic rings. The highest BCUT2D eigenvalue weighted by Crippen LogP contribution is 2.18. The van der Waals surface area contributed by atoms with Crippen molar-refractivity contribution in [1.82, 2.24) is 10.2 Å². The van der Waals surface area contributed by atoms with Crippen LogP contribution >= 0.6 is 0 Å². The van der Waals surface area contributed by atoms with Crippen molar-refractivity contribution in [3.63, 3.8) is 0 Å². The third-order valence-corrected chi connectivity index (χ3v) is 7.65. The molecule has 0 saturated carbocycles. The maximum absolute atomic E-state index is 12.4. The first-order valence-electron chi connectivity index (χ1n) is 17.6. The van der Waals surface area contributed by atoms with Gasteiger partial charge < -0.3 is 14.9 Å². The van der Waals surface area contributed by atoms with Gasteiger partial charge in [0.2, 0.25) is 0 Å². The van der Waals surface area contributed by atoms with Crippen LogP contribution in [-0.4, -0.2) is 66.4 Å². The first kappa shape index (κ1) is 41.8. The summed E-state index contributed by atoms with van der Waals surface area (Å²) in [5, 5.41) is 20.4. The summed E-state index contributed by atoms with van der Waals surface area (Å²) in [6, 6.07) is 0. The number of nitrogens with zero attached hydrogens (tertiary/aromatic N) is 1. The second-order valence-corrected chi connectivity index (χ2v) is 12.4. The van der Waals surface area contributed by atoms with E-state index in [4.69, 9.17) is 14.9 Å². The first-order valence-corrected chi connectivity index (χ1v) is 17.6. The van der Waals surface area contributed by atoms with E-state index in [0.29, 0.717) is 6.67 Å². The molecule has 0 bridgehead atoms. The van der Waals surface area contributed by atoms with Gasteiger partial charge in [-0.1, -0.05) is 75.7 Å². The van der Waals surface area contributed by atoms with Crippen LogP contribution in [0.5, 0.6) is 0 Å². The molecular weight excluding hydrogens is 556 g/mol. The number of unbranched alkanes of at least 4 members (excludes halogenated alkanes) is 16. The number of nitrogens with one attached hydrogen (secondary N) is 1. The Morgan fingerprint density at radius 2 is 0.955 bits per heavy atom. The molecule has 0 unspecified atom stereocenters. The van der Waals surface area contributed by atoms with Gasteiger partial charge in [0.15, 0.2) is 0 Å². The minimum absolute atomic E-state index is 0.0185. The summed E-state index contributed by atoms with van der Waals surface area (Å²) in [5.74, 6) is -1.56. The summed E-state index contributed by atoms with van der Waals surface area (Å²) in [5.41, 5.74) is 0. The van der Waals surface area contributed by atoms with Gasteiger partial charge >= 0.3 is 17.9 Å². The predicted octanol–water partition coefficient (Wildman–Crippen LogP) is 8.65. The van der Waals surface area contributed by atoms with Gasteiger partial charge in [-0.2, -0.15) is 0 Å². The van der Waals surface area contributed by atoms with E-state index in [2.05, 4.69) is 29.6 Å². The van der Waals surface area contributed by atoms with E-state index in [1.807, 2.05) is 19.0 Å². The molecule has 0 amide bonds. The van der Waals surface area contributed by atoms with Crippen molar-refractivity contribution >= 4 is 17.9 Å². The predicted molar refractivity (Wildman–Crippen MR) is 181 cm³/mol. The zero-order chi connectivity index (χ0) is 32.5. The molecule has 0 saturated heterocycles. The second kappa shape index (κ2) is 32.2.